The van der Waals surface area contributed by atoms with E-state index in [1.54, 1.807) is 18.2 Å². The Hall–Kier alpha value is -2.68. The summed E-state index contributed by atoms with van der Waals surface area (Å²) < 4.78 is 40.5. The van der Waals surface area contributed by atoms with Crippen molar-refractivity contribution in [2.75, 3.05) is 12.4 Å². The Balaban J connectivity index is 1.82. The van der Waals surface area contributed by atoms with E-state index < -0.39 is 35.6 Å². The van der Waals surface area contributed by atoms with Crippen LogP contribution in [-0.4, -0.2) is 51.3 Å². The van der Waals surface area contributed by atoms with E-state index in [2.05, 4.69) is 15.5 Å². The lowest BCUT2D eigenvalue weighted by molar-refractivity contribution is -0.139. The molecule has 1 unspecified atom stereocenters. The zero-order chi connectivity index (χ0) is 23.1. The third-order valence-electron chi connectivity index (χ3n) is 5.51. The van der Waals surface area contributed by atoms with E-state index in [1.165, 1.54) is 29.4 Å². The Kier molecular flexibility index (Phi) is 8.06. The Morgan fingerprint density at radius 1 is 1.22 bits per heavy atom. The zero-order valence-corrected chi connectivity index (χ0v) is 18.1. The number of carbonyl (C=O) groups excluding carboxylic acids is 2. The molecule has 2 aromatic rings. The minimum atomic E-state index is -2.72. The first-order valence-electron chi connectivity index (χ1n) is 10.3. The van der Waals surface area contributed by atoms with Crippen LogP contribution in [0.3, 0.4) is 0 Å². The summed E-state index contributed by atoms with van der Waals surface area (Å²) in [6.07, 6.45) is 2.74. The van der Waals surface area contributed by atoms with Crippen molar-refractivity contribution in [2.45, 2.75) is 50.1 Å². The van der Waals surface area contributed by atoms with Crippen LogP contribution in [0.15, 0.2) is 42.7 Å². The number of rotatable bonds is 8. The minimum absolute atomic E-state index is 0.0954. The summed E-state index contributed by atoms with van der Waals surface area (Å²) in [6.45, 7) is 0.0954. The largest absolute Gasteiger partial charge is 0.351 e. The number of aromatic nitrogens is 2. The van der Waals surface area contributed by atoms with Crippen LogP contribution in [0.5, 0.6) is 0 Å². The van der Waals surface area contributed by atoms with Crippen molar-refractivity contribution in [3.8, 4) is 0 Å². The summed E-state index contributed by atoms with van der Waals surface area (Å²) in [5, 5.41) is 10.3. The summed E-state index contributed by atoms with van der Waals surface area (Å²) in [4.78, 5) is 27.3. The van der Waals surface area contributed by atoms with Crippen molar-refractivity contribution in [1.82, 2.24) is 20.4 Å². The third-order valence-corrected chi connectivity index (χ3v) is 5.74. The number of nitrogens with zero attached hydrogens (tertiary/aromatic N) is 3. The molecule has 0 saturated heterocycles. The van der Waals surface area contributed by atoms with Crippen LogP contribution >= 0.6 is 11.6 Å². The molecule has 10 heteroatoms. The number of hydrogen-bond donors (Lipinski definition) is 1. The molecule has 1 aliphatic carbocycles. The Labute approximate surface area is 189 Å². The van der Waals surface area contributed by atoms with Gasteiger partial charge in [-0.2, -0.15) is 10.2 Å². The first-order valence-corrected chi connectivity index (χ1v) is 10.9. The Morgan fingerprint density at radius 2 is 1.97 bits per heavy atom. The van der Waals surface area contributed by atoms with Crippen LogP contribution in [0.25, 0.3) is 0 Å². The van der Waals surface area contributed by atoms with Gasteiger partial charge in [0.1, 0.15) is 17.7 Å². The van der Waals surface area contributed by atoms with E-state index in [4.69, 9.17) is 11.6 Å². The van der Waals surface area contributed by atoms with E-state index >= 15 is 0 Å². The molecule has 1 saturated carbocycles. The number of halogens is 4. The van der Waals surface area contributed by atoms with Gasteiger partial charge in [0.05, 0.1) is 6.20 Å². The summed E-state index contributed by atoms with van der Waals surface area (Å²) in [6, 6.07) is 6.02. The molecule has 6 nitrogen and oxygen atoms in total. The van der Waals surface area contributed by atoms with E-state index in [-0.39, 0.29) is 38.1 Å². The van der Waals surface area contributed by atoms with Gasteiger partial charge in [-0.15, -0.1) is 11.6 Å². The van der Waals surface area contributed by atoms with Crippen molar-refractivity contribution in [2.24, 2.45) is 0 Å². The molecule has 32 heavy (non-hydrogen) atoms. The number of hydrogen-bond acceptors (Lipinski definition) is 4. The highest BCUT2D eigenvalue weighted by Gasteiger charge is 2.37. The lowest BCUT2D eigenvalue weighted by atomic mass is 9.92. The van der Waals surface area contributed by atoms with Gasteiger partial charge in [0.25, 0.3) is 0 Å². The summed E-state index contributed by atoms with van der Waals surface area (Å²) in [7, 11) is 0. The van der Waals surface area contributed by atoms with Gasteiger partial charge in [-0.3, -0.25) is 9.59 Å². The molecule has 1 aromatic carbocycles. The molecule has 1 fully saturated rings. The first-order chi connectivity index (χ1) is 15.3. The Morgan fingerprint density at radius 3 is 2.59 bits per heavy atom. The summed E-state index contributed by atoms with van der Waals surface area (Å²) in [5.41, 5.74) is 1.07. The van der Waals surface area contributed by atoms with Gasteiger partial charge in [0.15, 0.2) is 0 Å². The normalized spacial score (nSPS) is 16.9. The molecule has 1 N–H and O–H groups in total. The summed E-state index contributed by atoms with van der Waals surface area (Å²) in [5.74, 6) is -4.48. The molecular formula is C22H24ClF3N4O2. The average molecular weight is 469 g/mol. The maximum absolute atomic E-state index is 13.5. The van der Waals surface area contributed by atoms with Crippen LogP contribution in [0.4, 0.5) is 13.2 Å². The maximum atomic E-state index is 13.5. The molecule has 3 rings (SSSR count). The molecule has 0 aliphatic heterocycles. The zero-order valence-electron chi connectivity index (χ0n) is 17.3. The van der Waals surface area contributed by atoms with Gasteiger partial charge in [-0.25, -0.2) is 13.2 Å². The fourth-order valence-electron chi connectivity index (χ4n) is 3.82. The highest BCUT2D eigenvalue weighted by Crippen LogP contribution is 2.33. The Bertz CT molecular complexity index is 922. The smallest absolute Gasteiger partial charge is 0.248 e. The fourth-order valence-corrected chi connectivity index (χ4v) is 3.97. The van der Waals surface area contributed by atoms with Crippen LogP contribution in [0.1, 0.15) is 42.9 Å². The molecule has 2 amide bonds. The second-order valence-electron chi connectivity index (χ2n) is 7.82. The minimum Gasteiger partial charge on any atom is -0.351 e. The molecule has 172 valence electrons. The van der Waals surface area contributed by atoms with Crippen LogP contribution in [0, 0.1) is 5.82 Å². The third kappa shape index (κ3) is 6.41. The summed E-state index contributed by atoms with van der Waals surface area (Å²) >= 11 is 5.82. The van der Waals surface area contributed by atoms with Crippen LogP contribution < -0.4 is 5.32 Å². The molecule has 1 aliphatic rings. The van der Waals surface area contributed by atoms with Gasteiger partial charge in [-0.1, -0.05) is 12.1 Å². The van der Waals surface area contributed by atoms with Crippen LogP contribution in [-0.2, 0) is 16.0 Å². The average Bonchev–Trinajstić information content (AvgIpc) is 2.78. The van der Waals surface area contributed by atoms with Crippen LogP contribution in [0.2, 0.25) is 0 Å². The standard InChI is InChI=1S/C22H24ClF3N4O2/c23-13-19(31)30(11-7-15-2-1-3-17(24)12-15)20(16-6-10-27-28-14-16)21(32)29-18-4-8-22(25,26)9-5-18/h1-3,6,10,12,14,18,20H,4-5,7-9,11,13H2,(H,29,32). The molecule has 0 bridgehead atoms. The van der Waals surface area contributed by atoms with Gasteiger partial charge in [0.2, 0.25) is 17.7 Å². The fraction of sp³-hybridized carbons (Fsp3) is 0.455. The SMILES string of the molecule is O=C(NC1CCC(F)(F)CC1)C(c1ccnnc1)N(CCc1cccc(F)c1)C(=O)CCl. The van der Waals surface area contributed by atoms with Crippen molar-refractivity contribution in [3.05, 3.63) is 59.7 Å². The van der Waals surface area contributed by atoms with E-state index in [0.717, 1.165) is 0 Å². The number of nitrogens with one attached hydrogen (secondary N) is 1. The molecule has 0 radical (unpaired) electrons. The molecular weight excluding hydrogens is 445 g/mol. The lowest BCUT2D eigenvalue weighted by Gasteiger charge is -2.34. The van der Waals surface area contributed by atoms with Crippen molar-refractivity contribution in [3.63, 3.8) is 0 Å². The second kappa shape index (κ2) is 10.8. The number of amides is 2. The number of carbonyl (C=O) groups is 2. The topological polar surface area (TPSA) is 75.2 Å². The van der Waals surface area contributed by atoms with Gasteiger partial charge in [-0.05, 0) is 43.0 Å². The van der Waals surface area contributed by atoms with Crippen molar-refractivity contribution >= 4 is 23.4 Å². The predicted octanol–water partition coefficient (Wildman–Crippen LogP) is 3.66. The molecule has 1 aromatic heterocycles. The molecule has 1 atom stereocenters. The monoisotopic (exact) mass is 468 g/mol. The lowest BCUT2D eigenvalue weighted by Crippen LogP contribution is -2.49. The van der Waals surface area contributed by atoms with E-state index in [1.807, 2.05) is 0 Å². The van der Waals surface area contributed by atoms with Gasteiger partial charge < -0.3 is 10.2 Å². The number of benzene rings is 1. The molecule has 0 spiro atoms. The maximum Gasteiger partial charge on any atom is 0.248 e. The quantitative estimate of drug-likeness (QED) is 0.600. The van der Waals surface area contributed by atoms with E-state index in [0.29, 0.717) is 17.5 Å². The molecule has 1 heterocycles. The van der Waals surface area contributed by atoms with E-state index in [9.17, 15) is 22.8 Å². The van der Waals surface area contributed by atoms with Gasteiger partial charge >= 0.3 is 0 Å². The highest BCUT2D eigenvalue weighted by atomic mass is 35.5. The van der Waals surface area contributed by atoms with Crippen molar-refractivity contribution in [1.29, 1.82) is 0 Å². The predicted molar refractivity (Wildman–Crippen MR) is 113 cm³/mol. The van der Waals surface area contributed by atoms with Crippen molar-refractivity contribution < 1.29 is 22.8 Å². The highest BCUT2D eigenvalue weighted by molar-refractivity contribution is 6.27. The number of alkyl halides is 3. The van der Waals surface area contributed by atoms with Gasteiger partial charge in [0, 0.05) is 37.2 Å². The first kappa shape index (κ1) is 24.0. The second-order valence-corrected chi connectivity index (χ2v) is 8.09.